The van der Waals surface area contributed by atoms with E-state index in [0.717, 1.165) is 0 Å². The second-order valence-corrected chi connectivity index (χ2v) is 2.54. The van der Waals surface area contributed by atoms with Crippen molar-refractivity contribution in [2.75, 3.05) is 0 Å². The first-order valence-corrected chi connectivity index (χ1v) is 3.30. The zero-order valence-electron chi connectivity index (χ0n) is 9.75. The third kappa shape index (κ3) is 9.73. The van der Waals surface area contributed by atoms with Gasteiger partial charge < -0.3 is 25.5 Å². The number of aliphatic carboxylic acids is 3. The Balaban J connectivity index is -0.000000282. The second-order valence-electron chi connectivity index (χ2n) is 2.54. The van der Waals surface area contributed by atoms with E-state index < -0.39 is 36.0 Å². The zero-order chi connectivity index (χ0) is 11.5. The smallest absolute Gasteiger partial charge is 0.339 e. The molecule has 8 nitrogen and oxygen atoms in total. The van der Waals surface area contributed by atoms with Crippen LogP contribution in [0.3, 0.4) is 0 Å². The van der Waals surface area contributed by atoms with Crippen LogP contribution >= 0.6 is 0 Å². The van der Waals surface area contributed by atoms with E-state index in [0.29, 0.717) is 0 Å². The van der Waals surface area contributed by atoms with Gasteiger partial charge >= 0.3 is 17.9 Å². The average molecular weight is 325 g/mol. The van der Waals surface area contributed by atoms with Crippen molar-refractivity contribution in [1.29, 1.82) is 0 Å². The number of aliphatic hydroxyl groups is 2. The van der Waals surface area contributed by atoms with Gasteiger partial charge in [0.05, 0.1) is 6.42 Å². The minimum atomic E-state index is -3.22. The molecule has 0 rings (SSSR count). The average Bonchev–Trinajstić information content (AvgIpc) is 2.00. The molecule has 0 heterocycles. The zero-order valence-corrected chi connectivity index (χ0v) is 19.1. The van der Waals surface area contributed by atoms with Gasteiger partial charge in [-0.3, -0.25) is 4.79 Å². The van der Waals surface area contributed by atoms with Crippen LogP contribution in [0.1, 0.15) is 6.42 Å². The summed E-state index contributed by atoms with van der Waals surface area (Å²) >= 11 is 0. The summed E-state index contributed by atoms with van der Waals surface area (Å²) in [5.74, 6) is -5.87. The molecule has 0 saturated heterocycles. The van der Waals surface area contributed by atoms with E-state index in [1.165, 1.54) is 0 Å². The van der Waals surface area contributed by atoms with Crippen LogP contribution in [-0.2, 0) is 14.4 Å². The SMILES string of the molecule is O=C(O)C[C@](O)(C(=O)O)[C@H](O)C(=O)O.[K].[K].[K]. The van der Waals surface area contributed by atoms with Gasteiger partial charge in [0, 0.05) is 154 Å². The molecule has 11 heteroatoms. The van der Waals surface area contributed by atoms with Crippen molar-refractivity contribution >= 4 is 172 Å². The summed E-state index contributed by atoms with van der Waals surface area (Å²) < 4.78 is 0. The molecule has 83 valence electrons. The fraction of sp³-hybridized carbons (Fsp3) is 0.500. The Morgan fingerprint density at radius 1 is 1.00 bits per heavy atom. The molecule has 0 unspecified atom stereocenters. The van der Waals surface area contributed by atoms with Gasteiger partial charge in [-0.2, -0.15) is 0 Å². The molecule has 17 heavy (non-hydrogen) atoms. The van der Waals surface area contributed by atoms with Crippen LogP contribution in [0.15, 0.2) is 0 Å². The molecule has 5 N–H and O–H groups in total. The molecule has 0 aromatic carbocycles. The molecular formula is C6H8K3O8. The van der Waals surface area contributed by atoms with E-state index in [2.05, 4.69) is 0 Å². The van der Waals surface area contributed by atoms with E-state index in [4.69, 9.17) is 25.5 Å². The molecule has 0 amide bonds. The number of hydrogen-bond acceptors (Lipinski definition) is 5. The van der Waals surface area contributed by atoms with Crippen molar-refractivity contribution < 1.29 is 39.9 Å². The number of aliphatic hydroxyl groups excluding tert-OH is 1. The quantitative estimate of drug-likeness (QED) is 0.328. The summed E-state index contributed by atoms with van der Waals surface area (Å²) in [5, 5.41) is 42.6. The number of hydrogen-bond donors (Lipinski definition) is 5. The van der Waals surface area contributed by atoms with Gasteiger partial charge in [-0.05, 0) is 0 Å². The van der Waals surface area contributed by atoms with Gasteiger partial charge in [0.25, 0.3) is 0 Å². The summed E-state index contributed by atoms with van der Waals surface area (Å²) in [7, 11) is 0. The summed E-state index contributed by atoms with van der Waals surface area (Å²) in [6.45, 7) is 0. The fourth-order valence-corrected chi connectivity index (χ4v) is 0.724. The topological polar surface area (TPSA) is 152 Å². The van der Waals surface area contributed by atoms with Gasteiger partial charge in [-0.25, -0.2) is 9.59 Å². The molecule has 0 spiro atoms. The minimum Gasteiger partial charge on any atom is -0.481 e. The third-order valence-corrected chi connectivity index (χ3v) is 1.48. The van der Waals surface area contributed by atoms with E-state index in [1.807, 2.05) is 0 Å². The second kappa shape index (κ2) is 12.9. The van der Waals surface area contributed by atoms with Gasteiger partial charge in [0.2, 0.25) is 5.60 Å². The standard InChI is InChI=1S/C6H8O8.3K/c7-2(8)1-6(14,5(12)13)3(9)4(10)11;;;/h3,9,14H,1H2,(H,7,8)(H,10,11)(H,12,13);;;/t3-,6-;;;/m1.../s1. The third-order valence-electron chi connectivity index (χ3n) is 1.48. The van der Waals surface area contributed by atoms with Crippen molar-refractivity contribution in [2.24, 2.45) is 0 Å². The molecular weight excluding hydrogens is 317 g/mol. The number of carbonyl (C=O) groups is 3. The van der Waals surface area contributed by atoms with Gasteiger partial charge in [0.1, 0.15) is 0 Å². The maximum Gasteiger partial charge on any atom is 0.339 e. The molecule has 0 aliphatic carbocycles. The number of carboxylic acid groups (broad SMARTS) is 3. The normalized spacial score (nSPS) is 13.8. The van der Waals surface area contributed by atoms with E-state index in [9.17, 15) is 14.4 Å². The van der Waals surface area contributed by atoms with Crippen molar-refractivity contribution in [3.05, 3.63) is 0 Å². The van der Waals surface area contributed by atoms with Crippen LogP contribution in [0.25, 0.3) is 0 Å². The van der Waals surface area contributed by atoms with Crippen LogP contribution in [0, 0.1) is 0 Å². The first-order valence-electron chi connectivity index (χ1n) is 3.30. The summed E-state index contributed by atoms with van der Waals surface area (Å²) in [5.41, 5.74) is -3.22. The Morgan fingerprint density at radius 3 is 1.53 bits per heavy atom. The molecule has 0 bridgehead atoms. The molecule has 0 fully saturated rings. The van der Waals surface area contributed by atoms with Crippen LogP contribution in [0.5, 0.6) is 0 Å². The molecule has 0 aliphatic heterocycles. The van der Waals surface area contributed by atoms with Crippen molar-refractivity contribution in [3.8, 4) is 0 Å². The summed E-state index contributed by atoms with van der Waals surface area (Å²) in [6, 6.07) is 0. The van der Waals surface area contributed by atoms with Crippen LogP contribution < -0.4 is 0 Å². The molecule has 0 saturated carbocycles. The van der Waals surface area contributed by atoms with Crippen molar-refractivity contribution in [3.63, 3.8) is 0 Å². The van der Waals surface area contributed by atoms with E-state index in [-0.39, 0.29) is 154 Å². The van der Waals surface area contributed by atoms with E-state index >= 15 is 0 Å². The number of rotatable bonds is 5. The Bertz CT molecular complexity index is 282. The Morgan fingerprint density at radius 2 is 1.35 bits per heavy atom. The molecule has 0 aromatic heterocycles. The first kappa shape index (κ1) is 28.4. The summed E-state index contributed by atoms with van der Waals surface area (Å²) in [4.78, 5) is 30.7. The van der Waals surface area contributed by atoms with Gasteiger partial charge in [0.15, 0.2) is 6.10 Å². The fourth-order valence-electron chi connectivity index (χ4n) is 0.724. The first-order chi connectivity index (χ1) is 6.21. The van der Waals surface area contributed by atoms with Gasteiger partial charge in [-0.15, -0.1) is 0 Å². The minimum absolute atomic E-state index is 0. The summed E-state index contributed by atoms with van der Waals surface area (Å²) in [6.07, 6.45) is -4.11. The monoisotopic (exact) mass is 325 g/mol. The Labute approximate surface area is 224 Å². The Hall–Kier alpha value is 3.24. The molecule has 2 atom stereocenters. The molecule has 3 radical (unpaired) electrons. The van der Waals surface area contributed by atoms with Crippen molar-refractivity contribution in [2.45, 2.75) is 18.1 Å². The predicted molar refractivity (Wildman–Crippen MR) is 55.7 cm³/mol. The maximum atomic E-state index is 10.4. The predicted octanol–water partition coefficient (Wildman–Crippen LogP) is -3.42. The van der Waals surface area contributed by atoms with Crippen molar-refractivity contribution in [1.82, 2.24) is 0 Å². The van der Waals surface area contributed by atoms with E-state index in [1.54, 1.807) is 0 Å². The largest absolute Gasteiger partial charge is 0.481 e. The van der Waals surface area contributed by atoms with Crippen LogP contribution in [-0.4, -0.2) is 209 Å². The van der Waals surface area contributed by atoms with Crippen LogP contribution in [0.2, 0.25) is 0 Å². The Kier molecular flexibility index (Phi) is 21.6. The molecule has 0 aromatic rings. The van der Waals surface area contributed by atoms with Gasteiger partial charge in [-0.1, -0.05) is 0 Å². The van der Waals surface area contributed by atoms with Crippen LogP contribution in [0.4, 0.5) is 0 Å². The maximum absolute atomic E-state index is 10.4. The number of carboxylic acids is 3. The molecule has 0 aliphatic rings.